The molecule has 0 aliphatic heterocycles. The lowest BCUT2D eigenvalue weighted by Gasteiger charge is -2.08. The molecule has 1 aromatic carbocycles. The number of alkyl halides is 4. The van der Waals surface area contributed by atoms with Gasteiger partial charge in [-0.25, -0.2) is 0 Å². The molecule has 0 aliphatic rings. The highest BCUT2D eigenvalue weighted by atomic mass is 35.5. The molecule has 0 spiro atoms. The minimum Gasteiger partial charge on any atom is -0.478 e. The van der Waals surface area contributed by atoms with Gasteiger partial charge in [-0.1, -0.05) is 17.7 Å². The summed E-state index contributed by atoms with van der Waals surface area (Å²) >= 11 is 5.20. The van der Waals surface area contributed by atoms with Crippen LogP contribution >= 0.6 is 11.6 Å². The van der Waals surface area contributed by atoms with Gasteiger partial charge in [0, 0.05) is 0 Å². The lowest BCUT2D eigenvalue weighted by Crippen LogP contribution is -2.04. The first-order valence-corrected chi connectivity index (χ1v) is 3.93. The van der Waals surface area contributed by atoms with Gasteiger partial charge in [-0.2, -0.15) is 13.2 Å². The van der Waals surface area contributed by atoms with Crippen LogP contribution in [0.5, 0.6) is 5.75 Å². The van der Waals surface area contributed by atoms with Crippen LogP contribution in [0.15, 0.2) is 24.3 Å². The Hall–Kier alpha value is -0.900. The number of halogens is 4. The van der Waals surface area contributed by atoms with Crippen molar-refractivity contribution < 1.29 is 17.9 Å². The first-order chi connectivity index (χ1) is 6.04. The van der Waals surface area contributed by atoms with Gasteiger partial charge in [0.2, 0.25) is 0 Å². The summed E-state index contributed by atoms with van der Waals surface area (Å²) in [5.41, 5.74) is -0.741. The molecule has 0 bridgehead atoms. The van der Waals surface area contributed by atoms with E-state index in [2.05, 4.69) is 0 Å². The van der Waals surface area contributed by atoms with Crippen LogP contribution in [0.2, 0.25) is 0 Å². The van der Waals surface area contributed by atoms with Crippen LogP contribution in [0.4, 0.5) is 13.2 Å². The van der Waals surface area contributed by atoms with Gasteiger partial charge in [0.1, 0.15) is 5.75 Å². The Balaban J connectivity index is 2.92. The van der Waals surface area contributed by atoms with Gasteiger partial charge < -0.3 is 4.74 Å². The molecule has 0 heterocycles. The highest BCUT2D eigenvalue weighted by Gasteiger charge is 2.30. The van der Waals surface area contributed by atoms with E-state index in [0.717, 1.165) is 12.1 Å². The van der Waals surface area contributed by atoms with Gasteiger partial charge in [-0.15, -0.1) is 0 Å². The quantitative estimate of drug-likeness (QED) is 0.681. The smallest absolute Gasteiger partial charge is 0.416 e. The molecule has 0 radical (unpaired) electrons. The van der Waals surface area contributed by atoms with E-state index in [1.54, 1.807) is 0 Å². The van der Waals surface area contributed by atoms with E-state index in [1.165, 1.54) is 12.1 Å². The number of ether oxygens (including phenoxy) is 1. The Kier molecular flexibility index (Phi) is 3.03. The Morgan fingerprint density at radius 3 is 2.54 bits per heavy atom. The van der Waals surface area contributed by atoms with Crippen LogP contribution in [0, 0.1) is 0 Å². The molecule has 1 nitrogen and oxygen atoms in total. The van der Waals surface area contributed by atoms with Crippen molar-refractivity contribution in [2.24, 2.45) is 0 Å². The summed E-state index contributed by atoms with van der Waals surface area (Å²) in [7, 11) is 0. The fourth-order valence-corrected chi connectivity index (χ4v) is 0.951. The van der Waals surface area contributed by atoms with Crippen molar-refractivity contribution in [1.29, 1.82) is 0 Å². The Morgan fingerprint density at radius 2 is 2.00 bits per heavy atom. The molecule has 0 amide bonds. The van der Waals surface area contributed by atoms with Gasteiger partial charge in [-0.05, 0) is 18.2 Å². The zero-order chi connectivity index (χ0) is 9.90. The molecule has 0 aliphatic carbocycles. The third kappa shape index (κ3) is 2.81. The molecule has 0 fully saturated rings. The maximum absolute atomic E-state index is 12.1. The second kappa shape index (κ2) is 3.87. The van der Waals surface area contributed by atoms with Crippen molar-refractivity contribution in [1.82, 2.24) is 0 Å². The van der Waals surface area contributed by atoms with E-state index >= 15 is 0 Å². The zero-order valence-corrected chi connectivity index (χ0v) is 7.19. The molecule has 13 heavy (non-hydrogen) atoms. The molecule has 5 heteroatoms. The molecule has 0 aromatic heterocycles. The number of benzene rings is 1. The van der Waals surface area contributed by atoms with Crippen LogP contribution in [-0.2, 0) is 6.18 Å². The van der Waals surface area contributed by atoms with Crippen LogP contribution in [0.1, 0.15) is 5.56 Å². The molecular formula is C8H6ClF3O. The molecule has 72 valence electrons. The van der Waals surface area contributed by atoms with Gasteiger partial charge in [-0.3, -0.25) is 0 Å². The van der Waals surface area contributed by atoms with Crippen molar-refractivity contribution in [3.63, 3.8) is 0 Å². The first-order valence-electron chi connectivity index (χ1n) is 3.40. The number of hydrogen-bond donors (Lipinski definition) is 0. The lowest BCUT2D eigenvalue weighted by atomic mass is 10.2. The number of hydrogen-bond acceptors (Lipinski definition) is 1. The normalized spacial score (nSPS) is 11.4. The first kappa shape index (κ1) is 10.2. The van der Waals surface area contributed by atoms with E-state index in [1.807, 2.05) is 0 Å². The fourth-order valence-electron chi connectivity index (χ4n) is 0.825. The monoisotopic (exact) mass is 210 g/mol. The van der Waals surface area contributed by atoms with E-state index in [4.69, 9.17) is 16.3 Å². The number of rotatable bonds is 2. The Labute approximate surface area is 78.1 Å². The van der Waals surface area contributed by atoms with Crippen molar-refractivity contribution in [2.75, 3.05) is 6.07 Å². The molecular weight excluding hydrogens is 205 g/mol. The summed E-state index contributed by atoms with van der Waals surface area (Å²) in [4.78, 5) is 0. The maximum Gasteiger partial charge on any atom is 0.416 e. The second-order valence-electron chi connectivity index (χ2n) is 2.28. The van der Waals surface area contributed by atoms with Gasteiger partial charge in [0.15, 0.2) is 6.07 Å². The zero-order valence-electron chi connectivity index (χ0n) is 6.44. The maximum atomic E-state index is 12.1. The molecule has 0 saturated carbocycles. The highest BCUT2D eigenvalue weighted by Crippen LogP contribution is 2.31. The van der Waals surface area contributed by atoms with Crippen molar-refractivity contribution >= 4 is 11.6 Å². The predicted molar refractivity (Wildman–Crippen MR) is 42.8 cm³/mol. The molecule has 1 aromatic rings. The Morgan fingerprint density at radius 1 is 1.31 bits per heavy atom. The second-order valence-corrected chi connectivity index (χ2v) is 2.50. The average Bonchev–Trinajstić information content (AvgIpc) is 2.04. The summed E-state index contributed by atoms with van der Waals surface area (Å²) in [6.07, 6.45) is -4.34. The summed E-state index contributed by atoms with van der Waals surface area (Å²) in [5, 5.41) is 0. The van der Waals surface area contributed by atoms with Crippen LogP contribution in [-0.4, -0.2) is 6.07 Å². The standard InChI is InChI=1S/C8H6ClF3O/c9-5-13-7-3-1-2-6(4-7)8(10,11)12/h1-4H,5H2. The van der Waals surface area contributed by atoms with Crippen molar-refractivity contribution in [3.05, 3.63) is 29.8 Å². The van der Waals surface area contributed by atoms with E-state index < -0.39 is 11.7 Å². The van der Waals surface area contributed by atoms with Crippen LogP contribution in [0.25, 0.3) is 0 Å². The molecule has 0 atom stereocenters. The van der Waals surface area contributed by atoms with Gasteiger partial charge in [0.25, 0.3) is 0 Å². The SMILES string of the molecule is FC(F)(F)c1cccc(OCCl)c1. The fraction of sp³-hybridized carbons (Fsp3) is 0.250. The minimum atomic E-state index is -4.34. The largest absolute Gasteiger partial charge is 0.478 e. The molecule has 0 unspecified atom stereocenters. The topological polar surface area (TPSA) is 9.23 Å². The van der Waals surface area contributed by atoms with E-state index in [0.29, 0.717) is 0 Å². The van der Waals surface area contributed by atoms with Gasteiger partial charge >= 0.3 is 6.18 Å². The summed E-state index contributed by atoms with van der Waals surface area (Å²) in [6.45, 7) is 0. The third-order valence-corrected chi connectivity index (χ3v) is 1.49. The Bertz CT molecular complexity index is 285. The van der Waals surface area contributed by atoms with E-state index in [-0.39, 0.29) is 11.8 Å². The predicted octanol–water partition coefficient (Wildman–Crippen LogP) is 3.28. The summed E-state index contributed by atoms with van der Waals surface area (Å²) in [5.74, 6) is 0.116. The van der Waals surface area contributed by atoms with Crippen molar-refractivity contribution in [3.8, 4) is 5.75 Å². The van der Waals surface area contributed by atoms with Gasteiger partial charge in [0.05, 0.1) is 5.56 Å². The van der Waals surface area contributed by atoms with E-state index in [9.17, 15) is 13.2 Å². The van der Waals surface area contributed by atoms with Crippen LogP contribution in [0.3, 0.4) is 0 Å². The minimum absolute atomic E-state index is 0.116. The average molecular weight is 211 g/mol. The summed E-state index contributed by atoms with van der Waals surface area (Å²) in [6, 6.07) is 4.40. The molecule has 0 N–H and O–H groups in total. The third-order valence-electron chi connectivity index (χ3n) is 1.38. The summed E-state index contributed by atoms with van der Waals surface area (Å²) < 4.78 is 41.1. The van der Waals surface area contributed by atoms with Crippen LogP contribution < -0.4 is 4.74 Å². The molecule has 0 saturated heterocycles. The van der Waals surface area contributed by atoms with Crippen molar-refractivity contribution in [2.45, 2.75) is 6.18 Å². The highest BCUT2D eigenvalue weighted by molar-refractivity contribution is 6.17. The molecule has 1 rings (SSSR count). The lowest BCUT2D eigenvalue weighted by molar-refractivity contribution is -0.137.